The van der Waals surface area contributed by atoms with Crippen molar-refractivity contribution in [3.63, 3.8) is 0 Å². The fourth-order valence-electron chi connectivity index (χ4n) is 3.01. The average molecular weight is 312 g/mol. The van der Waals surface area contributed by atoms with Crippen molar-refractivity contribution in [1.29, 1.82) is 0 Å². The first-order chi connectivity index (χ1) is 11.0. The molecule has 0 saturated carbocycles. The quantitative estimate of drug-likeness (QED) is 0.848. The lowest BCUT2D eigenvalue weighted by molar-refractivity contribution is 0.0746. The molecule has 0 unspecified atom stereocenters. The fourth-order valence-corrected chi connectivity index (χ4v) is 3.01. The van der Waals surface area contributed by atoms with Gasteiger partial charge in [0.2, 0.25) is 0 Å². The van der Waals surface area contributed by atoms with E-state index in [9.17, 15) is 9.18 Å². The van der Waals surface area contributed by atoms with Crippen LogP contribution < -0.4 is 4.90 Å². The lowest BCUT2D eigenvalue weighted by atomic mass is 10.1. The van der Waals surface area contributed by atoms with Crippen LogP contribution in [-0.2, 0) is 0 Å². The summed E-state index contributed by atoms with van der Waals surface area (Å²) in [6.45, 7) is 7.11. The molecule has 120 valence electrons. The zero-order chi connectivity index (χ0) is 16.4. The number of hydrogen-bond donors (Lipinski definition) is 0. The van der Waals surface area contributed by atoms with Gasteiger partial charge >= 0.3 is 0 Å². The van der Waals surface area contributed by atoms with Gasteiger partial charge in [0.25, 0.3) is 5.91 Å². The molecule has 1 amide bonds. The number of hydrogen-bond acceptors (Lipinski definition) is 2. The van der Waals surface area contributed by atoms with Crippen LogP contribution >= 0.6 is 0 Å². The molecule has 4 heteroatoms. The minimum Gasteiger partial charge on any atom is -0.368 e. The zero-order valence-electron chi connectivity index (χ0n) is 13.6. The van der Waals surface area contributed by atoms with Gasteiger partial charge in [0, 0.05) is 37.4 Å². The van der Waals surface area contributed by atoms with Crippen LogP contribution in [0.4, 0.5) is 10.1 Å². The van der Waals surface area contributed by atoms with Gasteiger partial charge in [-0.2, -0.15) is 0 Å². The number of amides is 1. The van der Waals surface area contributed by atoms with Gasteiger partial charge < -0.3 is 9.80 Å². The smallest absolute Gasteiger partial charge is 0.254 e. The summed E-state index contributed by atoms with van der Waals surface area (Å²) in [5, 5.41) is 0. The predicted molar refractivity (Wildman–Crippen MR) is 90.4 cm³/mol. The number of benzene rings is 2. The van der Waals surface area contributed by atoms with E-state index < -0.39 is 0 Å². The number of halogens is 1. The van der Waals surface area contributed by atoms with Crippen LogP contribution in [0.1, 0.15) is 21.5 Å². The van der Waals surface area contributed by atoms with E-state index in [1.54, 1.807) is 17.0 Å². The van der Waals surface area contributed by atoms with E-state index in [1.165, 1.54) is 28.9 Å². The summed E-state index contributed by atoms with van der Waals surface area (Å²) in [5.41, 5.74) is 4.15. The van der Waals surface area contributed by atoms with E-state index in [-0.39, 0.29) is 11.7 Å². The third-order valence-electron chi connectivity index (χ3n) is 4.34. The maximum atomic E-state index is 13.3. The Morgan fingerprint density at radius 1 is 1.00 bits per heavy atom. The molecule has 1 aliphatic rings. The van der Waals surface area contributed by atoms with Gasteiger partial charge in [-0.1, -0.05) is 18.2 Å². The van der Waals surface area contributed by atoms with Crippen LogP contribution in [0.2, 0.25) is 0 Å². The molecule has 0 aromatic heterocycles. The number of piperazine rings is 1. The van der Waals surface area contributed by atoms with Gasteiger partial charge in [-0.15, -0.1) is 0 Å². The Bertz CT molecular complexity index is 721. The third-order valence-corrected chi connectivity index (χ3v) is 4.34. The van der Waals surface area contributed by atoms with Crippen molar-refractivity contribution in [3.05, 3.63) is 65.0 Å². The van der Waals surface area contributed by atoms with E-state index in [0.717, 1.165) is 13.1 Å². The van der Waals surface area contributed by atoms with Gasteiger partial charge in [-0.25, -0.2) is 4.39 Å². The van der Waals surface area contributed by atoms with Crippen molar-refractivity contribution in [2.75, 3.05) is 31.1 Å². The summed E-state index contributed by atoms with van der Waals surface area (Å²) in [4.78, 5) is 16.6. The van der Waals surface area contributed by atoms with Crippen molar-refractivity contribution in [3.8, 4) is 0 Å². The Kier molecular flexibility index (Phi) is 4.33. The zero-order valence-corrected chi connectivity index (χ0v) is 13.6. The number of aryl methyl sites for hydroxylation is 2. The molecular weight excluding hydrogens is 291 g/mol. The Morgan fingerprint density at radius 2 is 1.74 bits per heavy atom. The topological polar surface area (TPSA) is 23.6 Å². The molecule has 0 atom stereocenters. The summed E-state index contributed by atoms with van der Waals surface area (Å²) < 4.78 is 13.3. The van der Waals surface area contributed by atoms with E-state index >= 15 is 0 Å². The first-order valence-electron chi connectivity index (χ1n) is 7.91. The maximum absolute atomic E-state index is 13.3. The van der Waals surface area contributed by atoms with Gasteiger partial charge in [0.1, 0.15) is 5.82 Å². The van der Waals surface area contributed by atoms with E-state index in [1.807, 2.05) is 0 Å². The second-order valence-corrected chi connectivity index (χ2v) is 6.08. The maximum Gasteiger partial charge on any atom is 0.254 e. The van der Waals surface area contributed by atoms with Gasteiger partial charge in [0.15, 0.2) is 0 Å². The summed E-state index contributed by atoms with van der Waals surface area (Å²) >= 11 is 0. The Balaban J connectivity index is 1.69. The van der Waals surface area contributed by atoms with Gasteiger partial charge in [0.05, 0.1) is 0 Å². The van der Waals surface area contributed by atoms with Crippen LogP contribution in [0.15, 0.2) is 42.5 Å². The highest BCUT2D eigenvalue weighted by Crippen LogP contribution is 2.23. The largest absolute Gasteiger partial charge is 0.368 e. The first-order valence-corrected chi connectivity index (χ1v) is 7.91. The van der Waals surface area contributed by atoms with Crippen LogP contribution in [0.25, 0.3) is 0 Å². The highest BCUT2D eigenvalue weighted by molar-refractivity contribution is 5.94. The normalized spacial score (nSPS) is 14.9. The molecule has 3 nitrogen and oxygen atoms in total. The fraction of sp³-hybridized carbons (Fsp3) is 0.316. The highest BCUT2D eigenvalue weighted by atomic mass is 19.1. The number of anilines is 1. The summed E-state index contributed by atoms with van der Waals surface area (Å²) in [7, 11) is 0. The first kappa shape index (κ1) is 15.5. The summed E-state index contributed by atoms with van der Waals surface area (Å²) in [6, 6.07) is 12.4. The SMILES string of the molecule is Cc1ccc(C)c(N2CCN(C(=O)c3cccc(F)c3)CC2)c1. The Hall–Kier alpha value is -2.36. The van der Waals surface area contributed by atoms with E-state index in [4.69, 9.17) is 0 Å². The highest BCUT2D eigenvalue weighted by Gasteiger charge is 2.23. The number of rotatable bonds is 2. The monoisotopic (exact) mass is 312 g/mol. The molecular formula is C19H21FN2O. The van der Waals surface area contributed by atoms with E-state index in [0.29, 0.717) is 18.7 Å². The van der Waals surface area contributed by atoms with Crippen molar-refractivity contribution in [2.45, 2.75) is 13.8 Å². The Morgan fingerprint density at radius 3 is 2.43 bits per heavy atom. The van der Waals surface area contributed by atoms with Gasteiger partial charge in [-0.3, -0.25) is 4.79 Å². The molecule has 0 radical (unpaired) electrons. The van der Waals surface area contributed by atoms with E-state index in [2.05, 4.69) is 36.9 Å². The van der Waals surface area contributed by atoms with Gasteiger partial charge in [-0.05, 0) is 49.2 Å². The molecule has 2 aromatic carbocycles. The molecule has 23 heavy (non-hydrogen) atoms. The second-order valence-electron chi connectivity index (χ2n) is 6.08. The molecule has 1 saturated heterocycles. The molecule has 1 heterocycles. The molecule has 0 aliphatic carbocycles. The molecule has 2 aromatic rings. The molecule has 0 bridgehead atoms. The van der Waals surface area contributed by atoms with Crippen LogP contribution in [0, 0.1) is 19.7 Å². The average Bonchev–Trinajstić information content (AvgIpc) is 2.56. The van der Waals surface area contributed by atoms with Crippen molar-refractivity contribution < 1.29 is 9.18 Å². The van der Waals surface area contributed by atoms with Crippen LogP contribution in [-0.4, -0.2) is 37.0 Å². The minimum atomic E-state index is -0.370. The molecule has 0 N–H and O–H groups in total. The van der Waals surface area contributed by atoms with Crippen LogP contribution in [0.5, 0.6) is 0 Å². The van der Waals surface area contributed by atoms with Crippen molar-refractivity contribution in [2.24, 2.45) is 0 Å². The van der Waals surface area contributed by atoms with Crippen LogP contribution in [0.3, 0.4) is 0 Å². The number of nitrogens with zero attached hydrogens (tertiary/aromatic N) is 2. The summed E-state index contributed by atoms with van der Waals surface area (Å²) in [5.74, 6) is -0.463. The predicted octanol–water partition coefficient (Wildman–Crippen LogP) is 3.40. The molecule has 1 fully saturated rings. The summed E-state index contributed by atoms with van der Waals surface area (Å²) in [6.07, 6.45) is 0. The Labute approximate surface area is 136 Å². The standard InChI is InChI=1S/C19H21FN2O/c1-14-6-7-15(2)18(12-14)21-8-10-22(11-9-21)19(23)16-4-3-5-17(20)13-16/h3-7,12-13H,8-11H2,1-2H3. The number of carbonyl (C=O) groups excluding carboxylic acids is 1. The third kappa shape index (κ3) is 3.36. The van der Waals surface area contributed by atoms with Crippen molar-refractivity contribution in [1.82, 2.24) is 4.90 Å². The van der Waals surface area contributed by atoms with Crippen molar-refractivity contribution >= 4 is 11.6 Å². The second kappa shape index (κ2) is 6.41. The lowest BCUT2D eigenvalue weighted by Gasteiger charge is -2.37. The molecule has 3 rings (SSSR count). The molecule has 0 spiro atoms. The lowest BCUT2D eigenvalue weighted by Crippen LogP contribution is -2.49. The molecule has 1 aliphatic heterocycles. The number of carbonyl (C=O) groups is 1. The minimum absolute atomic E-state index is 0.0925.